The van der Waals surface area contributed by atoms with Crippen LogP contribution in [0.4, 0.5) is 0 Å². The van der Waals surface area contributed by atoms with Crippen LogP contribution in [0.5, 0.6) is 0 Å². The molecule has 1 atom stereocenters. The fraction of sp³-hybridized carbons (Fsp3) is 0.333. The maximum Gasteiger partial charge on any atom is 0.327 e. The highest BCUT2D eigenvalue weighted by Crippen LogP contribution is 2.22. The van der Waals surface area contributed by atoms with Crippen LogP contribution in [-0.2, 0) is 4.79 Å². The summed E-state index contributed by atoms with van der Waals surface area (Å²) in [6.45, 7) is 0. The van der Waals surface area contributed by atoms with Crippen LogP contribution in [0.2, 0.25) is 0 Å². The average Bonchev–Trinajstić information content (AvgIpc) is 2.78. The molecule has 1 amide bonds. The van der Waals surface area contributed by atoms with Gasteiger partial charge in [-0.2, -0.15) is 0 Å². The van der Waals surface area contributed by atoms with Gasteiger partial charge in [0.25, 0.3) is 5.91 Å². The predicted molar refractivity (Wildman–Crippen MR) is 57.0 cm³/mol. The van der Waals surface area contributed by atoms with E-state index in [1.807, 2.05) is 0 Å². The Kier molecular flexibility index (Phi) is 3.04. The smallest absolute Gasteiger partial charge is 0.327 e. The van der Waals surface area contributed by atoms with Crippen LogP contribution in [0, 0.1) is 0 Å². The van der Waals surface area contributed by atoms with Gasteiger partial charge in [0.05, 0.1) is 12.1 Å². The molecule has 6 nitrogen and oxygen atoms in total. The summed E-state index contributed by atoms with van der Waals surface area (Å²) in [5, 5.41) is 8.94. The summed E-state index contributed by atoms with van der Waals surface area (Å²) in [6, 6.07) is -0.764. The Morgan fingerprint density at radius 2 is 2.31 bits per heavy atom. The lowest BCUT2D eigenvalue weighted by atomic mass is 10.3. The molecule has 1 saturated heterocycles. The number of nitrogens with zero attached hydrogens (tertiary/aromatic N) is 3. The van der Waals surface area contributed by atoms with Crippen molar-refractivity contribution in [3.05, 3.63) is 24.3 Å². The van der Waals surface area contributed by atoms with Crippen LogP contribution in [0.15, 0.2) is 18.6 Å². The first-order valence-electron chi connectivity index (χ1n) is 4.57. The molecular formula is C9H9N3O3S. The minimum Gasteiger partial charge on any atom is -0.480 e. The van der Waals surface area contributed by atoms with Crippen molar-refractivity contribution in [2.75, 3.05) is 11.6 Å². The van der Waals surface area contributed by atoms with Crippen LogP contribution >= 0.6 is 11.8 Å². The molecule has 0 aromatic carbocycles. The molecule has 1 aliphatic heterocycles. The SMILES string of the molecule is O=C(O)C1CSCN1C(=O)c1cnccn1. The molecule has 0 saturated carbocycles. The van der Waals surface area contributed by atoms with E-state index >= 15 is 0 Å². The zero-order chi connectivity index (χ0) is 11.5. The van der Waals surface area contributed by atoms with Gasteiger partial charge in [-0.05, 0) is 0 Å². The van der Waals surface area contributed by atoms with Crippen LogP contribution in [0.25, 0.3) is 0 Å². The van der Waals surface area contributed by atoms with Gasteiger partial charge in [0.1, 0.15) is 11.7 Å². The number of carbonyl (C=O) groups is 2. The monoisotopic (exact) mass is 239 g/mol. The molecule has 1 fully saturated rings. The average molecular weight is 239 g/mol. The third-order valence-electron chi connectivity index (χ3n) is 2.21. The van der Waals surface area contributed by atoms with E-state index in [0.717, 1.165) is 0 Å². The molecule has 1 N–H and O–H groups in total. The molecule has 7 heteroatoms. The molecule has 1 aliphatic rings. The van der Waals surface area contributed by atoms with Gasteiger partial charge in [0.2, 0.25) is 0 Å². The Balaban J connectivity index is 2.19. The number of amides is 1. The van der Waals surface area contributed by atoms with Gasteiger partial charge < -0.3 is 10.0 Å². The highest BCUT2D eigenvalue weighted by molar-refractivity contribution is 7.99. The van der Waals surface area contributed by atoms with Crippen LogP contribution in [-0.4, -0.2) is 49.5 Å². The molecular weight excluding hydrogens is 230 g/mol. The first-order chi connectivity index (χ1) is 7.70. The second kappa shape index (κ2) is 4.48. The molecule has 84 valence electrons. The van der Waals surface area contributed by atoms with Crippen molar-refractivity contribution in [3.63, 3.8) is 0 Å². The minimum absolute atomic E-state index is 0.177. The first kappa shape index (κ1) is 10.9. The van der Waals surface area contributed by atoms with Gasteiger partial charge in [-0.25, -0.2) is 9.78 Å². The summed E-state index contributed by atoms with van der Waals surface area (Å²) < 4.78 is 0. The molecule has 1 unspecified atom stereocenters. The van der Waals surface area contributed by atoms with E-state index in [1.54, 1.807) is 0 Å². The van der Waals surface area contributed by atoms with Gasteiger partial charge >= 0.3 is 5.97 Å². The Bertz CT molecular complexity index is 412. The number of carboxylic acid groups (broad SMARTS) is 1. The Labute approximate surface area is 95.7 Å². The van der Waals surface area contributed by atoms with Crippen molar-refractivity contribution in [2.24, 2.45) is 0 Å². The van der Waals surface area contributed by atoms with E-state index in [9.17, 15) is 9.59 Å². The van der Waals surface area contributed by atoms with Gasteiger partial charge in [0, 0.05) is 18.1 Å². The molecule has 1 aromatic rings. The number of aromatic nitrogens is 2. The molecule has 0 radical (unpaired) electrons. The van der Waals surface area contributed by atoms with Gasteiger partial charge in [-0.15, -0.1) is 11.8 Å². The van der Waals surface area contributed by atoms with Gasteiger partial charge in [-0.3, -0.25) is 9.78 Å². The van der Waals surface area contributed by atoms with E-state index in [2.05, 4.69) is 9.97 Å². The highest BCUT2D eigenvalue weighted by Gasteiger charge is 2.35. The van der Waals surface area contributed by atoms with Crippen LogP contribution in [0.1, 0.15) is 10.5 Å². The first-order valence-corrected chi connectivity index (χ1v) is 5.73. The number of carbonyl (C=O) groups excluding carboxylic acids is 1. The molecule has 2 heterocycles. The summed E-state index contributed by atoms with van der Waals surface area (Å²) in [5.41, 5.74) is 0.177. The number of thioether (sulfide) groups is 1. The summed E-state index contributed by atoms with van der Waals surface area (Å²) in [4.78, 5) is 31.8. The number of carboxylic acids is 1. The van der Waals surface area contributed by atoms with Crippen molar-refractivity contribution in [2.45, 2.75) is 6.04 Å². The van der Waals surface area contributed by atoms with Crippen molar-refractivity contribution >= 4 is 23.6 Å². The minimum atomic E-state index is -0.984. The van der Waals surface area contributed by atoms with E-state index in [0.29, 0.717) is 11.6 Å². The summed E-state index contributed by atoms with van der Waals surface area (Å²) in [7, 11) is 0. The molecule has 2 rings (SSSR count). The van der Waals surface area contributed by atoms with Crippen molar-refractivity contribution < 1.29 is 14.7 Å². The van der Waals surface area contributed by atoms with E-state index in [1.165, 1.54) is 35.3 Å². The highest BCUT2D eigenvalue weighted by atomic mass is 32.2. The third-order valence-corrected chi connectivity index (χ3v) is 3.22. The molecule has 0 aliphatic carbocycles. The van der Waals surface area contributed by atoms with Gasteiger partial charge in [-0.1, -0.05) is 0 Å². The lowest BCUT2D eigenvalue weighted by Crippen LogP contribution is -2.42. The molecule has 0 bridgehead atoms. The molecule has 0 spiro atoms. The normalized spacial score (nSPS) is 19.8. The maximum absolute atomic E-state index is 11.9. The largest absolute Gasteiger partial charge is 0.480 e. The van der Waals surface area contributed by atoms with E-state index in [4.69, 9.17) is 5.11 Å². The fourth-order valence-corrected chi connectivity index (χ4v) is 2.55. The van der Waals surface area contributed by atoms with Crippen LogP contribution < -0.4 is 0 Å². The van der Waals surface area contributed by atoms with Gasteiger partial charge in [0.15, 0.2) is 0 Å². The summed E-state index contributed by atoms with van der Waals surface area (Å²) in [5.74, 6) is -0.569. The Morgan fingerprint density at radius 3 is 2.94 bits per heavy atom. The maximum atomic E-state index is 11.9. The summed E-state index contributed by atoms with van der Waals surface area (Å²) >= 11 is 1.42. The Morgan fingerprint density at radius 1 is 1.50 bits per heavy atom. The standard InChI is InChI=1S/C9H9N3O3S/c13-8(6-3-10-1-2-11-6)12-5-16-4-7(12)9(14)15/h1-3,7H,4-5H2,(H,14,15). The zero-order valence-corrected chi connectivity index (χ0v) is 9.05. The Hall–Kier alpha value is -1.63. The third kappa shape index (κ3) is 1.99. The van der Waals surface area contributed by atoms with Crippen LogP contribution in [0.3, 0.4) is 0 Å². The van der Waals surface area contributed by atoms with E-state index < -0.39 is 12.0 Å². The number of hydrogen-bond donors (Lipinski definition) is 1. The topological polar surface area (TPSA) is 83.4 Å². The quantitative estimate of drug-likeness (QED) is 0.786. The van der Waals surface area contributed by atoms with Crippen molar-refractivity contribution in [3.8, 4) is 0 Å². The second-order valence-electron chi connectivity index (χ2n) is 3.22. The predicted octanol–water partition coefficient (Wildman–Crippen LogP) is 0.0763. The lowest BCUT2D eigenvalue weighted by Gasteiger charge is -2.19. The van der Waals surface area contributed by atoms with E-state index in [-0.39, 0.29) is 11.6 Å². The van der Waals surface area contributed by atoms with Crippen molar-refractivity contribution in [1.29, 1.82) is 0 Å². The molecule has 1 aromatic heterocycles. The number of rotatable bonds is 2. The molecule has 16 heavy (non-hydrogen) atoms. The number of aliphatic carboxylic acids is 1. The second-order valence-corrected chi connectivity index (χ2v) is 4.22. The number of hydrogen-bond acceptors (Lipinski definition) is 5. The summed E-state index contributed by atoms with van der Waals surface area (Å²) in [6.07, 6.45) is 4.21. The fourth-order valence-electron chi connectivity index (χ4n) is 1.40. The lowest BCUT2D eigenvalue weighted by molar-refractivity contribution is -0.140. The zero-order valence-electron chi connectivity index (χ0n) is 8.24. The van der Waals surface area contributed by atoms with Crippen molar-refractivity contribution in [1.82, 2.24) is 14.9 Å².